The largest absolute Gasteiger partial charge is 0.484 e. The van der Waals surface area contributed by atoms with E-state index in [4.69, 9.17) is 4.74 Å². The molecule has 0 saturated carbocycles. The SMILES string of the molecule is CNC(=O)[C@@H]1Cc2ccccc2N1C(=O)COc1ccc2ccccc2c1. The highest BCUT2D eigenvalue weighted by molar-refractivity contribution is 6.04. The first-order valence-electron chi connectivity index (χ1n) is 8.90. The Morgan fingerprint density at radius 2 is 1.78 bits per heavy atom. The number of benzene rings is 3. The lowest BCUT2D eigenvalue weighted by atomic mass is 10.1. The zero-order chi connectivity index (χ0) is 18.8. The number of rotatable bonds is 4. The molecule has 0 fully saturated rings. The van der Waals surface area contributed by atoms with Crippen LogP contribution in [0.1, 0.15) is 5.56 Å². The molecule has 0 spiro atoms. The number of fused-ring (bicyclic) bond motifs is 2. The van der Waals surface area contributed by atoms with E-state index in [1.165, 1.54) is 0 Å². The number of likely N-dealkylation sites (N-methyl/N-ethyl adjacent to an activating group) is 1. The zero-order valence-electron chi connectivity index (χ0n) is 15.0. The van der Waals surface area contributed by atoms with Crippen molar-refractivity contribution in [2.75, 3.05) is 18.6 Å². The quantitative estimate of drug-likeness (QED) is 0.778. The van der Waals surface area contributed by atoms with Gasteiger partial charge < -0.3 is 10.1 Å². The number of nitrogens with one attached hydrogen (secondary N) is 1. The average Bonchev–Trinajstić information content (AvgIpc) is 3.11. The third-order valence-corrected chi connectivity index (χ3v) is 4.88. The lowest BCUT2D eigenvalue weighted by molar-refractivity contribution is -0.126. The molecule has 3 aromatic rings. The Balaban J connectivity index is 1.54. The first-order chi connectivity index (χ1) is 13.2. The summed E-state index contributed by atoms with van der Waals surface area (Å²) in [6, 6.07) is 20.8. The minimum Gasteiger partial charge on any atom is -0.484 e. The number of carbonyl (C=O) groups excluding carboxylic acids is 2. The summed E-state index contributed by atoms with van der Waals surface area (Å²) in [6.45, 7) is -0.125. The highest BCUT2D eigenvalue weighted by Crippen LogP contribution is 2.32. The van der Waals surface area contributed by atoms with Crippen molar-refractivity contribution in [1.29, 1.82) is 0 Å². The molecule has 0 unspecified atom stereocenters. The van der Waals surface area contributed by atoms with Crippen LogP contribution in [0.15, 0.2) is 66.7 Å². The molecule has 0 saturated heterocycles. The van der Waals surface area contributed by atoms with Crippen LogP contribution in [-0.2, 0) is 16.0 Å². The molecule has 1 aliphatic heterocycles. The molecule has 2 amide bonds. The predicted molar refractivity (Wildman–Crippen MR) is 105 cm³/mol. The lowest BCUT2D eigenvalue weighted by Crippen LogP contribution is -2.48. The molecule has 0 bridgehead atoms. The van der Waals surface area contributed by atoms with E-state index in [1.807, 2.05) is 66.7 Å². The van der Waals surface area contributed by atoms with Crippen molar-refractivity contribution in [1.82, 2.24) is 5.32 Å². The van der Waals surface area contributed by atoms with Gasteiger partial charge in [0.1, 0.15) is 11.8 Å². The van der Waals surface area contributed by atoms with Gasteiger partial charge in [-0.2, -0.15) is 0 Å². The van der Waals surface area contributed by atoms with E-state index in [-0.39, 0.29) is 18.4 Å². The summed E-state index contributed by atoms with van der Waals surface area (Å²) < 4.78 is 5.74. The summed E-state index contributed by atoms with van der Waals surface area (Å²) in [7, 11) is 1.58. The third-order valence-electron chi connectivity index (χ3n) is 4.88. The van der Waals surface area contributed by atoms with Crippen LogP contribution in [0.25, 0.3) is 10.8 Å². The van der Waals surface area contributed by atoms with Crippen LogP contribution in [-0.4, -0.2) is 31.5 Å². The Morgan fingerprint density at radius 3 is 2.59 bits per heavy atom. The molecule has 0 radical (unpaired) electrons. The van der Waals surface area contributed by atoms with Crippen LogP contribution >= 0.6 is 0 Å². The van der Waals surface area contributed by atoms with Gasteiger partial charge in [-0.15, -0.1) is 0 Å². The van der Waals surface area contributed by atoms with Gasteiger partial charge in [-0.1, -0.05) is 48.5 Å². The standard InChI is InChI=1S/C22H20N2O3/c1-23-22(26)20-13-17-8-4-5-9-19(17)24(20)21(25)14-27-18-11-10-15-6-2-3-7-16(15)12-18/h2-12,20H,13-14H2,1H3,(H,23,26)/t20-/m0/s1. The van der Waals surface area contributed by atoms with Crippen LogP contribution in [0.4, 0.5) is 5.69 Å². The second-order valence-corrected chi connectivity index (χ2v) is 6.52. The fourth-order valence-corrected chi connectivity index (χ4v) is 3.54. The van der Waals surface area contributed by atoms with Crippen LogP contribution < -0.4 is 15.0 Å². The van der Waals surface area contributed by atoms with Crippen molar-refractivity contribution in [3.63, 3.8) is 0 Å². The number of hydrogen-bond donors (Lipinski definition) is 1. The molecule has 0 aliphatic carbocycles. The Labute approximate surface area is 157 Å². The van der Waals surface area contributed by atoms with E-state index in [2.05, 4.69) is 5.32 Å². The summed E-state index contributed by atoms with van der Waals surface area (Å²) in [4.78, 5) is 26.7. The maximum atomic E-state index is 12.9. The van der Waals surface area contributed by atoms with Gasteiger partial charge in [0.2, 0.25) is 5.91 Å². The minimum atomic E-state index is -0.542. The first-order valence-corrected chi connectivity index (χ1v) is 8.90. The van der Waals surface area contributed by atoms with Crippen LogP contribution in [0, 0.1) is 0 Å². The fraction of sp³-hybridized carbons (Fsp3) is 0.182. The highest BCUT2D eigenvalue weighted by atomic mass is 16.5. The highest BCUT2D eigenvalue weighted by Gasteiger charge is 2.37. The normalized spacial score (nSPS) is 15.4. The van der Waals surface area contributed by atoms with E-state index >= 15 is 0 Å². The average molecular weight is 360 g/mol. The maximum absolute atomic E-state index is 12.9. The van der Waals surface area contributed by atoms with E-state index in [0.717, 1.165) is 22.0 Å². The molecule has 1 aliphatic rings. The molecule has 4 rings (SSSR count). The van der Waals surface area contributed by atoms with Gasteiger partial charge in [0.25, 0.3) is 5.91 Å². The molecular formula is C22H20N2O3. The number of anilines is 1. The molecule has 1 heterocycles. The molecule has 1 N–H and O–H groups in total. The lowest BCUT2D eigenvalue weighted by Gasteiger charge is -2.24. The van der Waals surface area contributed by atoms with E-state index in [1.54, 1.807) is 11.9 Å². The number of nitrogens with zero attached hydrogens (tertiary/aromatic N) is 1. The molecule has 0 aromatic heterocycles. The van der Waals surface area contributed by atoms with Crippen molar-refractivity contribution >= 4 is 28.3 Å². The van der Waals surface area contributed by atoms with Crippen LogP contribution in [0.3, 0.4) is 0 Å². The summed E-state index contributed by atoms with van der Waals surface area (Å²) in [5.41, 5.74) is 1.77. The van der Waals surface area contributed by atoms with Gasteiger partial charge >= 0.3 is 0 Å². The summed E-state index contributed by atoms with van der Waals surface area (Å²) in [6.07, 6.45) is 0.511. The Hall–Kier alpha value is -3.34. The molecular weight excluding hydrogens is 340 g/mol. The number of ether oxygens (including phenoxy) is 1. The number of para-hydroxylation sites is 1. The zero-order valence-corrected chi connectivity index (χ0v) is 15.0. The van der Waals surface area contributed by atoms with Crippen LogP contribution in [0.2, 0.25) is 0 Å². The second-order valence-electron chi connectivity index (χ2n) is 6.52. The summed E-state index contributed by atoms with van der Waals surface area (Å²) in [5, 5.41) is 4.81. The van der Waals surface area contributed by atoms with Gasteiger partial charge in [0, 0.05) is 19.2 Å². The van der Waals surface area contributed by atoms with Crippen molar-refractivity contribution in [3.05, 3.63) is 72.3 Å². The van der Waals surface area contributed by atoms with Crippen molar-refractivity contribution in [3.8, 4) is 5.75 Å². The molecule has 136 valence electrons. The van der Waals surface area contributed by atoms with E-state index in [0.29, 0.717) is 12.2 Å². The van der Waals surface area contributed by atoms with Crippen molar-refractivity contribution < 1.29 is 14.3 Å². The van der Waals surface area contributed by atoms with E-state index in [9.17, 15) is 9.59 Å². The van der Waals surface area contributed by atoms with Gasteiger partial charge in [-0.25, -0.2) is 0 Å². The summed E-state index contributed by atoms with van der Waals surface area (Å²) in [5.74, 6) is 0.220. The van der Waals surface area contributed by atoms with Gasteiger partial charge in [-0.05, 0) is 34.5 Å². The van der Waals surface area contributed by atoms with Gasteiger partial charge in [0.05, 0.1) is 0 Å². The molecule has 5 heteroatoms. The molecule has 1 atom stereocenters. The first kappa shape index (κ1) is 17.1. The van der Waals surface area contributed by atoms with Crippen LogP contribution in [0.5, 0.6) is 5.75 Å². The van der Waals surface area contributed by atoms with Crippen molar-refractivity contribution in [2.24, 2.45) is 0 Å². The van der Waals surface area contributed by atoms with Gasteiger partial charge in [-0.3, -0.25) is 14.5 Å². The molecule has 27 heavy (non-hydrogen) atoms. The Morgan fingerprint density at radius 1 is 1.04 bits per heavy atom. The maximum Gasteiger partial charge on any atom is 0.265 e. The third kappa shape index (κ3) is 3.24. The monoisotopic (exact) mass is 360 g/mol. The fourth-order valence-electron chi connectivity index (χ4n) is 3.54. The number of hydrogen-bond acceptors (Lipinski definition) is 3. The number of carbonyl (C=O) groups is 2. The Kier molecular flexibility index (Phi) is 4.50. The number of amides is 2. The Bertz CT molecular complexity index is 1020. The smallest absolute Gasteiger partial charge is 0.265 e. The van der Waals surface area contributed by atoms with E-state index < -0.39 is 6.04 Å². The predicted octanol–water partition coefficient (Wildman–Crippen LogP) is 2.92. The van der Waals surface area contributed by atoms with Gasteiger partial charge in [0.15, 0.2) is 6.61 Å². The molecule has 5 nitrogen and oxygen atoms in total. The minimum absolute atomic E-state index is 0.125. The second kappa shape index (κ2) is 7.11. The topological polar surface area (TPSA) is 58.6 Å². The van der Waals surface area contributed by atoms with Crippen molar-refractivity contribution in [2.45, 2.75) is 12.5 Å². The summed E-state index contributed by atoms with van der Waals surface area (Å²) >= 11 is 0. The molecule has 3 aromatic carbocycles.